The Labute approximate surface area is 331 Å². The second-order valence-corrected chi connectivity index (χ2v) is 14.5. The van der Waals surface area contributed by atoms with E-state index >= 15 is 0 Å². The van der Waals surface area contributed by atoms with Crippen LogP contribution in [0.5, 0.6) is 0 Å². The quantitative estimate of drug-likeness (QED) is 0.0303. The Kier molecular flexibility index (Phi) is 13.5. The molecule has 0 bridgehead atoms. The number of rotatable bonds is 15. The molecule has 1 heterocycles. The third-order valence-corrected chi connectivity index (χ3v) is 10.3. The van der Waals surface area contributed by atoms with Crippen LogP contribution in [0.15, 0.2) is 150 Å². The van der Waals surface area contributed by atoms with E-state index in [1.807, 2.05) is 80.6 Å². The van der Waals surface area contributed by atoms with Gasteiger partial charge in [-0.15, -0.1) is 0 Å². The van der Waals surface area contributed by atoms with E-state index in [9.17, 15) is 14.4 Å². The molecule has 1 aromatic heterocycles. The summed E-state index contributed by atoms with van der Waals surface area (Å²) >= 11 is 0. The normalized spacial score (nSPS) is 16.0. The summed E-state index contributed by atoms with van der Waals surface area (Å²) in [7, 11) is 0. The Morgan fingerprint density at radius 2 is 1.68 bits per heavy atom. The van der Waals surface area contributed by atoms with Crippen LogP contribution in [-0.4, -0.2) is 27.8 Å². The number of carbonyl (C=O) groups excluding carboxylic acids is 3. The molecule has 0 radical (unpaired) electrons. The van der Waals surface area contributed by atoms with Gasteiger partial charge in [0, 0.05) is 41.1 Å². The third kappa shape index (κ3) is 9.20. The first kappa shape index (κ1) is 41.0. The van der Waals surface area contributed by atoms with Crippen molar-refractivity contribution in [3.63, 3.8) is 0 Å². The first-order chi connectivity index (χ1) is 26.9. The summed E-state index contributed by atoms with van der Waals surface area (Å²) in [4.78, 5) is 45.7. The number of benzene rings is 3. The fraction of sp³-hybridized carbons (Fsp3) is 0.240. The molecule has 0 fully saturated rings. The zero-order valence-corrected chi connectivity index (χ0v) is 33.4. The molecule has 5 rings (SSSR count). The Morgan fingerprint density at radius 1 is 0.929 bits per heavy atom. The van der Waals surface area contributed by atoms with Gasteiger partial charge in [0.15, 0.2) is 5.71 Å². The molecule has 0 saturated heterocycles. The van der Waals surface area contributed by atoms with Crippen LogP contribution in [0.4, 0.5) is 0 Å². The van der Waals surface area contributed by atoms with Crippen LogP contribution >= 0.6 is 0 Å². The zero-order valence-electron chi connectivity index (χ0n) is 33.4. The van der Waals surface area contributed by atoms with Crippen LogP contribution in [0.3, 0.4) is 0 Å². The van der Waals surface area contributed by atoms with Gasteiger partial charge in [-0.25, -0.2) is 4.79 Å². The second kappa shape index (κ2) is 18.5. The fourth-order valence-electron chi connectivity index (χ4n) is 7.22. The van der Waals surface area contributed by atoms with Gasteiger partial charge in [-0.05, 0) is 95.5 Å². The minimum atomic E-state index is -0.746. The average Bonchev–Trinajstić information content (AvgIpc) is 3.49. The van der Waals surface area contributed by atoms with E-state index in [0.29, 0.717) is 17.7 Å². The van der Waals surface area contributed by atoms with E-state index in [1.54, 1.807) is 18.2 Å². The standard InChI is InChI=1S/C50H52N2O4/c1-10-12-20-38(11-2)31-52-46-27-26-41(49(54)47(51-56-37(9)53)50(55)43-25-18-23-39-21-16-17-24-42(39)43)30-44(46)45-29-40(22-15-13-14-19-33(5)48(45)52)36(8)35(7)34(6)28-32(3)4/h13-19,21,23-30,38H,3,5,7-8,10-12,20,22,31H2,1-2,4,6,9H3/b15-13-,19-14-,34-28-,40-29+,51-47+. The van der Waals surface area contributed by atoms with E-state index in [-0.39, 0.29) is 11.1 Å². The lowest BCUT2D eigenvalue weighted by Gasteiger charge is -2.20. The van der Waals surface area contributed by atoms with Crippen LogP contribution in [0.1, 0.15) is 98.7 Å². The number of unbranched alkanes of at least 4 members (excludes halogenated alkanes) is 1. The van der Waals surface area contributed by atoms with Gasteiger partial charge in [0.1, 0.15) is 0 Å². The van der Waals surface area contributed by atoms with Crippen molar-refractivity contribution in [1.29, 1.82) is 0 Å². The number of allylic oxidation sites excluding steroid dienone is 11. The molecular formula is C50H52N2O4. The maximum atomic E-state index is 14.5. The minimum Gasteiger partial charge on any atom is -0.340 e. The minimum absolute atomic E-state index is 0.228. The van der Waals surface area contributed by atoms with Gasteiger partial charge in [0.2, 0.25) is 11.6 Å². The second-order valence-electron chi connectivity index (χ2n) is 14.5. The highest BCUT2D eigenvalue weighted by Crippen LogP contribution is 2.38. The lowest BCUT2D eigenvalue weighted by molar-refractivity contribution is -0.140. The molecule has 1 unspecified atom stereocenters. The lowest BCUT2D eigenvalue weighted by atomic mass is 9.90. The molecule has 6 nitrogen and oxygen atoms in total. The fourth-order valence-corrected chi connectivity index (χ4v) is 7.22. The highest BCUT2D eigenvalue weighted by Gasteiger charge is 2.28. The number of aromatic nitrogens is 1. The Morgan fingerprint density at radius 3 is 2.39 bits per heavy atom. The Hall–Kier alpha value is -6.14. The number of carbonyl (C=O) groups is 3. The van der Waals surface area contributed by atoms with Gasteiger partial charge in [0.25, 0.3) is 0 Å². The molecule has 0 saturated carbocycles. The zero-order chi connectivity index (χ0) is 40.5. The summed E-state index contributed by atoms with van der Waals surface area (Å²) in [5.41, 5.74) is 8.06. The molecule has 0 aliphatic heterocycles. The molecule has 0 spiro atoms. The molecule has 0 amide bonds. The van der Waals surface area contributed by atoms with E-state index in [4.69, 9.17) is 4.84 Å². The van der Waals surface area contributed by atoms with E-state index in [0.717, 1.165) is 93.2 Å². The van der Waals surface area contributed by atoms with Gasteiger partial charge in [-0.1, -0.05) is 143 Å². The number of nitrogens with zero attached hydrogens (tertiary/aromatic N) is 2. The van der Waals surface area contributed by atoms with Gasteiger partial charge < -0.3 is 9.40 Å². The molecule has 4 aromatic rings. The molecule has 0 N–H and O–H groups in total. The van der Waals surface area contributed by atoms with Gasteiger partial charge in [-0.2, -0.15) is 0 Å². The summed E-state index contributed by atoms with van der Waals surface area (Å²) in [5, 5.41) is 6.17. The summed E-state index contributed by atoms with van der Waals surface area (Å²) in [5.74, 6) is -1.64. The number of fused-ring (bicyclic) bond motifs is 4. The van der Waals surface area contributed by atoms with Gasteiger partial charge in [-0.3, -0.25) is 9.59 Å². The molecule has 56 heavy (non-hydrogen) atoms. The third-order valence-electron chi connectivity index (χ3n) is 10.3. The summed E-state index contributed by atoms with van der Waals surface area (Å²) in [6.07, 6.45) is 17.2. The highest BCUT2D eigenvalue weighted by molar-refractivity contribution is 6.72. The Bertz CT molecular complexity index is 2420. The van der Waals surface area contributed by atoms with Gasteiger partial charge >= 0.3 is 5.97 Å². The van der Waals surface area contributed by atoms with Crippen LogP contribution in [0.25, 0.3) is 33.3 Å². The smallest absolute Gasteiger partial charge is 0.332 e. The van der Waals surface area contributed by atoms with Crippen molar-refractivity contribution in [2.45, 2.75) is 73.3 Å². The van der Waals surface area contributed by atoms with Gasteiger partial charge in [0.05, 0.1) is 5.69 Å². The number of hydrogen-bond acceptors (Lipinski definition) is 5. The molecule has 286 valence electrons. The van der Waals surface area contributed by atoms with E-state index in [1.165, 1.54) is 6.92 Å². The van der Waals surface area contributed by atoms with E-state index in [2.05, 4.69) is 62.0 Å². The first-order valence-electron chi connectivity index (χ1n) is 19.3. The molecule has 1 aliphatic carbocycles. The first-order valence-corrected chi connectivity index (χ1v) is 19.3. The number of oxime groups is 1. The topological polar surface area (TPSA) is 77.7 Å². The monoisotopic (exact) mass is 744 g/mol. The van der Waals surface area contributed by atoms with Crippen molar-refractivity contribution in [1.82, 2.24) is 4.57 Å². The predicted molar refractivity (Wildman–Crippen MR) is 234 cm³/mol. The van der Waals surface area contributed by atoms with Crippen molar-refractivity contribution in [2.24, 2.45) is 11.1 Å². The van der Waals surface area contributed by atoms with Crippen LogP contribution in [0.2, 0.25) is 0 Å². The lowest BCUT2D eigenvalue weighted by Crippen LogP contribution is -2.25. The molecule has 3 aromatic carbocycles. The summed E-state index contributed by atoms with van der Waals surface area (Å²) in [6, 6.07) is 18.2. The van der Waals surface area contributed by atoms with Crippen molar-refractivity contribution in [3.05, 3.63) is 168 Å². The summed E-state index contributed by atoms with van der Waals surface area (Å²) < 4.78 is 2.33. The molecule has 6 heteroatoms. The number of ketones is 2. The molecular weight excluding hydrogens is 693 g/mol. The molecule has 1 atom stereocenters. The van der Waals surface area contributed by atoms with Crippen LogP contribution < -0.4 is 0 Å². The maximum Gasteiger partial charge on any atom is 0.332 e. The number of hydrogen-bond donors (Lipinski definition) is 0. The van der Waals surface area contributed by atoms with Crippen LogP contribution in [-0.2, 0) is 16.2 Å². The van der Waals surface area contributed by atoms with Crippen LogP contribution in [0, 0.1) is 5.92 Å². The Balaban J connectivity index is 1.76. The average molecular weight is 745 g/mol. The molecule has 1 aliphatic rings. The summed E-state index contributed by atoms with van der Waals surface area (Å²) in [6.45, 7) is 27.8. The maximum absolute atomic E-state index is 14.5. The highest BCUT2D eigenvalue weighted by atomic mass is 16.7. The largest absolute Gasteiger partial charge is 0.340 e. The van der Waals surface area contributed by atoms with Crippen molar-refractivity contribution < 1.29 is 19.2 Å². The van der Waals surface area contributed by atoms with Crippen molar-refractivity contribution in [2.75, 3.05) is 0 Å². The SMILES string of the molecule is C=C(C)/C=C(/C)C(=C)C(=C)/C1=C/c2c(n(CC(CC)CCCC)c3ccc(C(=O)/C(=N\OC(C)=O)C(=O)c4cccc5ccccc45)cc23)C(=C)/C=C\C=C/C1. The predicted octanol–water partition coefficient (Wildman–Crippen LogP) is 12.5. The van der Waals surface area contributed by atoms with Crippen molar-refractivity contribution >= 4 is 56.6 Å². The van der Waals surface area contributed by atoms with Crippen molar-refractivity contribution in [3.8, 4) is 0 Å². The number of Topliss-reactive ketones (excluding diaryl/α,β-unsaturated/α-hetero) is 2. The van der Waals surface area contributed by atoms with E-state index < -0.39 is 23.2 Å².